The first-order valence-corrected chi connectivity index (χ1v) is 8.43. The van der Waals surface area contributed by atoms with E-state index in [0.717, 1.165) is 21.0 Å². The van der Waals surface area contributed by atoms with Crippen LogP contribution >= 0.6 is 46.1 Å². The molecule has 104 valence electrons. The van der Waals surface area contributed by atoms with Crippen LogP contribution in [0.2, 0.25) is 10.0 Å². The van der Waals surface area contributed by atoms with E-state index in [1.165, 1.54) is 16.2 Å². The quantitative estimate of drug-likeness (QED) is 0.466. The van der Waals surface area contributed by atoms with Crippen molar-refractivity contribution in [2.75, 3.05) is 0 Å². The molecule has 2 aromatic heterocycles. The zero-order valence-corrected chi connectivity index (χ0v) is 13.6. The van der Waals surface area contributed by atoms with Gasteiger partial charge in [-0.05, 0) is 30.3 Å². The average Bonchev–Trinajstić information content (AvgIpc) is 3.03. The fourth-order valence-corrected chi connectivity index (χ4v) is 4.22. The van der Waals surface area contributed by atoms with E-state index in [-0.39, 0.29) is 0 Å². The molecule has 0 atom stereocenters. The molecule has 0 N–H and O–H groups in total. The fraction of sp³-hybridized carbons (Fsp3) is 0. The Labute approximate surface area is 137 Å². The molecular formula is C14H7Cl2N3S2. The summed E-state index contributed by atoms with van der Waals surface area (Å²) in [6, 6.07) is 13.5. The minimum Gasteiger partial charge on any atom is -0.258 e. The summed E-state index contributed by atoms with van der Waals surface area (Å²) in [5, 5.41) is 1.03. The molecule has 2 heterocycles. The van der Waals surface area contributed by atoms with Crippen molar-refractivity contribution in [2.45, 2.75) is 0 Å². The van der Waals surface area contributed by atoms with Gasteiger partial charge in [-0.2, -0.15) is 4.37 Å². The van der Waals surface area contributed by atoms with Crippen molar-refractivity contribution in [3.8, 4) is 0 Å². The summed E-state index contributed by atoms with van der Waals surface area (Å²) in [4.78, 5) is 6.40. The predicted molar refractivity (Wildman–Crippen MR) is 90.1 cm³/mol. The molecule has 0 spiro atoms. The minimum absolute atomic E-state index is 0.499. The molecule has 21 heavy (non-hydrogen) atoms. The molecule has 2 aromatic carbocycles. The molecular weight excluding hydrogens is 345 g/mol. The van der Waals surface area contributed by atoms with Crippen molar-refractivity contribution < 1.29 is 0 Å². The second-order valence-corrected chi connectivity index (χ2v) is 6.92. The maximum atomic E-state index is 6.04. The van der Waals surface area contributed by atoms with E-state index in [4.69, 9.17) is 23.2 Å². The second-order valence-electron chi connectivity index (χ2n) is 4.36. The molecule has 0 saturated carbocycles. The van der Waals surface area contributed by atoms with Crippen molar-refractivity contribution in [2.24, 2.45) is 4.99 Å². The van der Waals surface area contributed by atoms with E-state index in [2.05, 4.69) is 25.9 Å². The van der Waals surface area contributed by atoms with Crippen LogP contribution in [0, 0.1) is 0 Å². The molecule has 7 heteroatoms. The van der Waals surface area contributed by atoms with Gasteiger partial charge in [0, 0.05) is 11.5 Å². The molecule has 0 amide bonds. The lowest BCUT2D eigenvalue weighted by atomic mass is 10.3. The molecule has 4 aromatic rings. The Hall–Kier alpha value is -1.40. The maximum Gasteiger partial charge on any atom is 0.215 e. The van der Waals surface area contributed by atoms with E-state index >= 15 is 0 Å². The molecule has 0 saturated heterocycles. The van der Waals surface area contributed by atoms with Gasteiger partial charge in [0.05, 0.1) is 25.9 Å². The Balaban J connectivity index is 2.01. The van der Waals surface area contributed by atoms with Crippen molar-refractivity contribution in [1.29, 1.82) is 0 Å². The maximum absolute atomic E-state index is 6.04. The number of hydrogen-bond donors (Lipinski definition) is 0. The average molecular weight is 352 g/mol. The van der Waals surface area contributed by atoms with Crippen LogP contribution in [0.1, 0.15) is 0 Å². The number of benzene rings is 2. The SMILES string of the molecule is Clc1ccc(N=c2snc3sc4ccccc4n23)cc1Cl. The van der Waals surface area contributed by atoms with Crippen molar-refractivity contribution in [1.82, 2.24) is 8.77 Å². The summed E-state index contributed by atoms with van der Waals surface area (Å²) in [5.74, 6) is 0. The van der Waals surface area contributed by atoms with Gasteiger partial charge in [0.15, 0.2) is 0 Å². The third-order valence-corrected chi connectivity index (χ3v) is 5.60. The van der Waals surface area contributed by atoms with Crippen LogP contribution in [0.15, 0.2) is 47.5 Å². The summed E-state index contributed by atoms with van der Waals surface area (Å²) < 4.78 is 7.72. The molecule has 4 rings (SSSR count). The fourth-order valence-electron chi connectivity index (χ4n) is 2.08. The summed E-state index contributed by atoms with van der Waals surface area (Å²) in [5.41, 5.74) is 1.88. The third kappa shape index (κ3) is 2.26. The zero-order chi connectivity index (χ0) is 14.4. The lowest BCUT2D eigenvalue weighted by Crippen LogP contribution is -2.04. The Morgan fingerprint density at radius 3 is 2.76 bits per heavy atom. The number of aromatic nitrogens is 2. The van der Waals surface area contributed by atoms with Gasteiger partial charge in [0.25, 0.3) is 0 Å². The van der Waals surface area contributed by atoms with Gasteiger partial charge in [-0.1, -0.05) is 46.7 Å². The van der Waals surface area contributed by atoms with Crippen LogP contribution in [0.3, 0.4) is 0 Å². The Morgan fingerprint density at radius 2 is 1.90 bits per heavy atom. The number of halogens is 2. The molecule has 3 nitrogen and oxygen atoms in total. The summed E-state index contributed by atoms with van der Waals surface area (Å²) in [7, 11) is 0. The lowest BCUT2D eigenvalue weighted by molar-refractivity contribution is 1.16. The van der Waals surface area contributed by atoms with E-state index in [0.29, 0.717) is 10.0 Å². The number of rotatable bonds is 1. The van der Waals surface area contributed by atoms with Gasteiger partial charge in [-0.25, -0.2) is 4.99 Å². The first kappa shape index (κ1) is 13.3. The van der Waals surface area contributed by atoms with Gasteiger partial charge in [-0.3, -0.25) is 4.40 Å². The topological polar surface area (TPSA) is 29.7 Å². The summed E-state index contributed by atoms with van der Waals surface area (Å²) in [6.07, 6.45) is 0. The van der Waals surface area contributed by atoms with E-state index in [1.807, 2.05) is 18.2 Å². The molecule has 0 unspecified atom stereocenters. The highest BCUT2D eigenvalue weighted by atomic mass is 35.5. The Morgan fingerprint density at radius 1 is 1.05 bits per heavy atom. The van der Waals surface area contributed by atoms with Gasteiger partial charge in [-0.15, -0.1) is 0 Å². The van der Waals surface area contributed by atoms with E-state index in [9.17, 15) is 0 Å². The first-order chi connectivity index (χ1) is 10.2. The number of hydrogen-bond acceptors (Lipinski definition) is 4. The van der Waals surface area contributed by atoms with Gasteiger partial charge in [0.1, 0.15) is 0 Å². The largest absolute Gasteiger partial charge is 0.258 e. The minimum atomic E-state index is 0.499. The predicted octanol–water partition coefficient (Wildman–Crippen LogP) is 5.15. The van der Waals surface area contributed by atoms with Crippen LogP contribution < -0.4 is 4.80 Å². The van der Waals surface area contributed by atoms with Gasteiger partial charge >= 0.3 is 0 Å². The standard InChI is InChI=1S/C14H7Cl2N3S2/c15-9-6-5-8(7-10(9)16)17-13-19-11-3-1-2-4-12(11)20-14(19)18-21-13/h1-7H. The molecule has 0 bridgehead atoms. The van der Waals surface area contributed by atoms with Crippen molar-refractivity contribution in [3.63, 3.8) is 0 Å². The molecule has 0 aliphatic rings. The van der Waals surface area contributed by atoms with Crippen LogP contribution in [0.25, 0.3) is 15.2 Å². The Kier molecular flexibility index (Phi) is 3.23. The zero-order valence-electron chi connectivity index (χ0n) is 10.5. The van der Waals surface area contributed by atoms with E-state index < -0.39 is 0 Å². The molecule has 0 fully saturated rings. The number of thiazole rings is 1. The third-order valence-electron chi connectivity index (χ3n) is 3.02. The monoisotopic (exact) mass is 351 g/mol. The molecule has 0 radical (unpaired) electrons. The smallest absolute Gasteiger partial charge is 0.215 e. The Bertz CT molecular complexity index is 1030. The van der Waals surface area contributed by atoms with Gasteiger partial charge in [0.2, 0.25) is 9.76 Å². The lowest BCUT2D eigenvalue weighted by Gasteiger charge is -1.96. The highest BCUT2D eigenvalue weighted by Gasteiger charge is 2.08. The van der Waals surface area contributed by atoms with Crippen LogP contribution in [-0.2, 0) is 0 Å². The van der Waals surface area contributed by atoms with Crippen LogP contribution in [-0.4, -0.2) is 8.77 Å². The van der Waals surface area contributed by atoms with Gasteiger partial charge < -0.3 is 0 Å². The number of nitrogens with zero attached hydrogens (tertiary/aromatic N) is 3. The van der Waals surface area contributed by atoms with Crippen LogP contribution in [0.5, 0.6) is 0 Å². The first-order valence-electron chi connectivity index (χ1n) is 6.08. The van der Waals surface area contributed by atoms with Crippen LogP contribution in [0.4, 0.5) is 5.69 Å². The summed E-state index contributed by atoms with van der Waals surface area (Å²) in [6.45, 7) is 0. The normalized spacial score (nSPS) is 12.6. The van der Waals surface area contributed by atoms with E-state index in [1.54, 1.807) is 23.5 Å². The molecule has 0 aliphatic carbocycles. The highest BCUT2D eigenvalue weighted by Crippen LogP contribution is 2.27. The number of para-hydroxylation sites is 1. The number of fused-ring (bicyclic) bond motifs is 3. The van der Waals surface area contributed by atoms with Crippen molar-refractivity contribution in [3.05, 3.63) is 57.3 Å². The molecule has 0 aliphatic heterocycles. The highest BCUT2D eigenvalue weighted by molar-refractivity contribution is 7.24. The second kappa shape index (κ2) is 5.10. The summed E-state index contributed by atoms with van der Waals surface area (Å²) >= 11 is 15.0. The van der Waals surface area contributed by atoms with Crippen molar-refractivity contribution >= 4 is 66.9 Å².